The first-order chi connectivity index (χ1) is 6.97. The van der Waals surface area contributed by atoms with Gasteiger partial charge < -0.3 is 25.4 Å². The third-order valence-corrected chi connectivity index (χ3v) is 2.13. The number of carbonyl (C=O) groups excluding carboxylic acids is 2. The molecule has 4 atom stereocenters. The highest BCUT2D eigenvalue weighted by Crippen LogP contribution is 2.16. The number of hydrogen-bond donors (Lipinski definition) is 4. The van der Waals surface area contributed by atoms with Gasteiger partial charge in [-0.1, -0.05) is 0 Å². The van der Waals surface area contributed by atoms with Gasteiger partial charge in [0.15, 0.2) is 12.1 Å². The monoisotopic (exact) mass is 219 g/mol. The Balaban J connectivity index is 2.74. The number of cyclic esters (lactones) is 1. The molecule has 1 saturated heterocycles. The van der Waals surface area contributed by atoms with E-state index < -0.39 is 42.8 Å². The molecular formula is C8H13NO6. The molecule has 1 heterocycles. The Morgan fingerprint density at radius 1 is 1.47 bits per heavy atom. The fourth-order valence-electron chi connectivity index (χ4n) is 1.36. The average Bonchev–Trinajstić information content (AvgIpc) is 2.18. The second-order valence-electron chi connectivity index (χ2n) is 3.32. The molecule has 7 heteroatoms. The molecule has 1 rings (SSSR count). The van der Waals surface area contributed by atoms with Gasteiger partial charge in [-0.15, -0.1) is 0 Å². The van der Waals surface area contributed by atoms with Crippen molar-refractivity contribution in [2.45, 2.75) is 31.3 Å². The van der Waals surface area contributed by atoms with E-state index in [1.54, 1.807) is 0 Å². The summed E-state index contributed by atoms with van der Waals surface area (Å²) in [5.41, 5.74) is 0. The van der Waals surface area contributed by atoms with Gasteiger partial charge in [-0.2, -0.15) is 0 Å². The Kier molecular flexibility index (Phi) is 3.61. The quantitative estimate of drug-likeness (QED) is 0.371. The first-order valence-electron chi connectivity index (χ1n) is 4.42. The van der Waals surface area contributed by atoms with E-state index in [2.05, 4.69) is 10.1 Å². The normalized spacial score (nSPS) is 35.9. The lowest BCUT2D eigenvalue weighted by atomic mass is 9.98. The SMILES string of the molecule is CC(=O)NC1C(=O)O[C@H](CO)[C@@H](O)[C@@H]1O. The molecule has 0 radical (unpaired) electrons. The summed E-state index contributed by atoms with van der Waals surface area (Å²) < 4.78 is 4.62. The number of hydrogen-bond acceptors (Lipinski definition) is 6. The summed E-state index contributed by atoms with van der Waals surface area (Å²) in [6, 6.07) is -1.29. The molecule has 15 heavy (non-hydrogen) atoms. The summed E-state index contributed by atoms with van der Waals surface area (Å²) in [6.07, 6.45) is -4.05. The molecule has 0 bridgehead atoms. The van der Waals surface area contributed by atoms with Crippen LogP contribution in [-0.4, -0.2) is 58.2 Å². The number of nitrogens with one attached hydrogen (secondary N) is 1. The highest BCUT2D eigenvalue weighted by atomic mass is 16.6. The van der Waals surface area contributed by atoms with Gasteiger partial charge in [-0.25, -0.2) is 4.79 Å². The van der Waals surface area contributed by atoms with E-state index in [-0.39, 0.29) is 0 Å². The van der Waals surface area contributed by atoms with Crippen LogP contribution in [0.1, 0.15) is 6.92 Å². The number of aliphatic hydroxyl groups excluding tert-OH is 3. The topological polar surface area (TPSA) is 116 Å². The molecule has 1 aliphatic rings. The molecule has 0 aliphatic carbocycles. The van der Waals surface area contributed by atoms with Gasteiger partial charge in [0.05, 0.1) is 6.61 Å². The summed E-state index contributed by atoms with van der Waals surface area (Å²) >= 11 is 0. The van der Waals surface area contributed by atoms with Crippen molar-refractivity contribution in [3.05, 3.63) is 0 Å². The first-order valence-corrected chi connectivity index (χ1v) is 4.42. The number of carbonyl (C=O) groups is 2. The highest BCUT2D eigenvalue weighted by molar-refractivity contribution is 5.84. The number of rotatable bonds is 2. The highest BCUT2D eigenvalue weighted by Gasteiger charge is 2.44. The molecule has 1 amide bonds. The Labute approximate surface area is 85.7 Å². The van der Waals surface area contributed by atoms with E-state index in [1.807, 2.05) is 0 Å². The van der Waals surface area contributed by atoms with Crippen LogP contribution in [0.15, 0.2) is 0 Å². The van der Waals surface area contributed by atoms with Gasteiger partial charge in [0, 0.05) is 6.92 Å². The van der Waals surface area contributed by atoms with Crippen molar-refractivity contribution < 1.29 is 29.6 Å². The molecule has 86 valence electrons. The fourth-order valence-corrected chi connectivity index (χ4v) is 1.36. The van der Waals surface area contributed by atoms with Crippen molar-refractivity contribution in [3.8, 4) is 0 Å². The van der Waals surface area contributed by atoms with E-state index in [1.165, 1.54) is 6.92 Å². The predicted molar refractivity (Wildman–Crippen MR) is 46.6 cm³/mol. The first kappa shape index (κ1) is 11.9. The third kappa shape index (κ3) is 2.44. The zero-order valence-corrected chi connectivity index (χ0v) is 8.08. The molecule has 0 spiro atoms. The van der Waals surface area contributed by atoms with Crippen LogP contribution in [-0.2, 0) is 14.3 Å². The minimum Gasteiger partial charge on any atom is -0.455 e. The number of ether oxygens (including phenoxy) is 1. The second-order valence-corrected chi connectivity index (χ2v) is 3.32. The van der Waals surface area contributed by atoms with Gasteiger partial charge in [-0.05, 0) is 0 Å². The average molecular weight is 219 g/mol. The van der Waals surface area contributed by atoms with Crippen molar-refractivity contribution in [1.82, 2.24) is 5.32 Å². The predicted octanol–water partition coefficient (Wildman–Crippen LogP) is -2.87. The number of esters is 1. The molecule has 7 nitrogen and oxygen atoms in total. The van der Waals surface area contributed by atoms with Crippen LogP contribution >= 0.6 is 0 Å². The van der Waals surface area contributed by atoms with E-state index in [4.69, 9.17) is 5.11 Å². The summed E-state index contributed by atoms with van der Waals surface area (Å²) in [4.78, 5) is 21.9. The van der Waals surface area contributed by atoms with Crippen LogP contribution in [0.25, 0.3) is 0 Å². The summed E-state index contributed by atoms with van der Waals surface area (Å²) in [6.45, 7) is 0.585. The molecule has 1 unspecified atom stereocenters. The molecule has 4 N–H and O–H groups in total. The maximum Gasteiger partial charge on any atom is 0.331 e. The van der Waals surface area contributed by atoms with Crippen LogP contribution in [0.2, 0.25) is 0 Å². The van der Waals surface area contributed by atoms with Gasteiger partial charge >= 0.3 is 5.97 Å². The molecule has 0 aromatic carbocycles. The standard InChI is InChI=1S/C8H13NO6/c1-3(11)9-5-7(13)6(12)4(2-10)15-8(5)14/h4-7,10,12-13H,2H2,1H3,(H,9,11)/t4-,5?,6-,7-/m1/s1. The van der Waals surface area contributed by atoms with Crippen molar-refractivity contribution >= 4 is 11.9 Å². The Bertz CT molecular complexity index is 268. The van der Waals surface area contributed by atoms with Crippen LogP contribution < -0.4 is 5.32 Å². The van der Waals surface area contributed by atoms with Crippen LogP contribution in [0.4, 0.5) is 0 Å². The maximum atomic E-state index is 11.2. The molecule has 1 aliphatic heterocycles. The van der Waals surface area contributed by atoms with Gasteiger partial charge in [0.1, 0.15) is 12.2 Å². The molecule has 0 aromatic rings. The molecule has 1 fully saturated rings. The third-order valence-electron chi connectivity index (χ3n) is 2.13. The Hall–Kier alpha value is -1.18. The van der Waals surface area contributed by atoms with Crippen LogP contribution in [0.5, 0.6) is 0 Å². The summed E-state index contributed by atoms with van der Waals surface area (Å²) in [7, 11) is 0. The van der Waals surface area contributed by atoms with E-state index in [0.29, 0.717) is 0 Å². The lowest BCUT2D eigenvalue weighted by molar-refractivity contribution is -0.189. The minimum absolute atomic E-state index is 0.523. The van der Waals surface area contributed by atoms with Gasteiger partial charge in [0.25, 0.3) is 0 Å². The van der Waals surface area contributed by atoms with E-state index in [9.17, 15) is 19.8 Å². The van der Waals surface area contributed by atoms with Crippen molar-refractivity contribution in [1.29, 1.82) is 0 Å². The lowest BCUT2D eigenvalue weighted by Gasteiger charge is -2.35. The molecular weight excluding hydrogens is 206 g/mol. The van der Waals surface area contributed by atoms with Crippen molar-refractivity contribution in [2.75, 3.05) is 6.61 Å². The second kappa shape index (κ2) is 4.56. The maximum absolute atomic E-state index is 11.2. The Morgan fingerprint density at radius 2 is 2.07 bits per heavy atom. The van der Waals surface area contributed by atoms with Crippen molar-refractivity contribution in [3.63, 3.8) is 0 Å². The zero-order valence-electron chi connectivity index (χ0n) is 8.08. The minimum atomic E-state index is -1.48. The number of aliphatic hydroxyl groups is 3. The fraction of sp³-hybridized carbons (Fsp3) is 0.750. The molecule has 0 saturated carbocycles. The summed E-state index contributed by atoms with van der Waals surface area (Å²) in [5, 5.41) is 29.8. The summed E-state index contributed by atoms with van der Waals surface area (Å²) in [5.74, 6) is -1.40. The van der Waals surface area contributed by atoms with Crippen LogP contribution in [0.3, 0.4) is 0 Å². The largest absolute Gasteiger partial charge is 0.455 e. The van der Waals surface area contributed by atoms with Gasteiger partial charge in [-0.3, -0.25) is 4.79 Å². The zero-order chi connectivity index (χ0) is 11.6. The van der Waals surface area contributed by atoms with Crippen LogP contribution in [0, 0.1) is 0 Å². The molecule has 0 aromatic heterocycles. The Morgan fingerprint density at radius 3 is 2.53 bits per heavy atom. The smallest absolute Gasteiger partial charge is 0.331 e. The van der Waals surface area contributed by atoms with E-state index >= 15 is 0 Å². The number of amides is 1. The van der Waals surface area contributed by atoms with Crippen molar-refractivity contribution in [2.24, 2.45) is 0 Å². The van der Waals surface area contributed by atoms with E-state index in [0.717, 1.165) is 0 Å². The lowest BCUT2D eigenvalue weighted by Crippen LogP contribution is -2.62. The van der Waals surface area contributed by atoms with Gasteiger partial charge in [0.2, 0.25) is 5.91 Å².